The molecule has 0 radical (unpaired) electrons. The van der Waals surface area contributed by atoms with E-state index in [2.05, 4.69) is 26.1 Å². The molecule has 0 saturated heterocycles. The second kappa shape index (κ2) is 6.00. The second-order valence-corrected chi connectivity index (χ2v) is 6.01. The van der Waals surface area contributed by atoms with E-state index < -0.39 is 0 Å². The predicted molar refractivity (Wildman–Crippen MR) is 86.1 cm³/mol. The van der Waals surface area contributed by atoms with Crippen molar-refractivity contribution in [3.63, 3.8) is 0 Å². The lowest BCUT2D eigenvalue weighted by Gasteiger charge is -2.19. The van der Waals surface area contributed by atoms with E-state index in [0.717, 1.165) is 11.4 Å². The van der Waals surface area contributed by atoms with Crippen molar-refractivity contribution in [1.82, 2.24) is 0 Å². The predicted octanol–water partition coefficient (Wildman–Crippen LogP) is 4.25. The molecule has 0 aliphatic carbocycles. The number of methoxy groups -OCH3 is 1. The minimum Gasteiger partial charge on any atom is -0.497 e. The minimum absolute atomic E-state index is 0.110. The summed E-state index contributed by atoms with van der Waals surface area (Å²) >= 11 is 0. The van der Waals surface area contributed by atoms with Crippen LogP contribution in [0.3, 0.4) is 0 Å². The molecule has 0 spiro atoms. The fourth-order valence-corrected chi connectivity index (χ4v) is 2.00. The number of nitrogens with one attached hydrogen (secondary N) is 1. The van der Waals surface area contributed by atoms with E-state index in [1.165, 1.54) is 5.56 Å². The summed E-state index contributed by atoms with van der Waals surface area (Å²) in [6, 6.07) is 15.0. The third kappa shape index (κ3) is 3.85. The first-order chi connectivity index (χ1) is 9.90. The largest absolute Gasteiger partial charge is 0.497 e. The number of carbonyl (C=O) groups excluding carboxylic acids is 1. The van der Waals surface area contributed by atoms with Gasteiger partial charge in [-0.1, -0.05) is 32.9 Å². The zero-order valence-electron chi connectivity index (χ0n) is 12.9. The first-order valence-electron chi connectivity index (χ1n) is 6.96. The van der Waals surface area contributed by atoms with Crippen LogP contribution in [0, 0.1) is 0 Å². The zero-order chi connectivity index (χ0) is 15.5. The minimum atomic E-state index is -0.124. The van der Waals surface area contributed by atoms with Crippen LogP contribution >= 0.6 is 0 Å². The van der Waals surface area contributed by atoms with Gasteiger partial charge < -0.3 is 10.1 Å². The van der Waals surface area contributed by atoms with Crippen molar-refractivity contribution in [3.8, 4) is 5.75 Å². The highest BCUT2D eigenvalue weighted by atomic mass is 16.5. The van der Waals surface area contributed by atoms with E-state index in [-0.39, 0.29) is 11.3 Å². The maximum atomic E-state index is 12.1. The van der Waals surface area contributed by atoms with E-state index in [1.54, 1.807) is 31.4 Å². The standard InChI is InChI=1S/C18H21NO2/c1-18(2,3)14-7-9-15(10-8-14)19-17(20)13-5-11-16(21-4)12-6-13/h5-12H,1-4H3,(H,19,20). The van der Waals surface area contributed by atoms with Gasteiger partial charge in [-0.3, -0.25) is 4.79 Å². The Morgan fingerprint density at radius 1 is 0.952 bits per heavy atom. The second-order valence-electron chi connectivity index (χ2n) is 6.01. The summed E-state index contributed by atoms with van der Waals surface area (Å²) in [4.78, 5) is 12.1. The Hall–Kier alpha value is -2.29. The molecule has 3 heteroatoms. The normalized spacial score (nSPS) is 11.0. The highest BCUT2D eigenvalue weighted by Crippen LogP contribution is 2.23. The highest BCUT2D eigenvalue weighted by Gasteiger charge is 2.13. The molecule has 0 aliphatic heterocycles. The van der Waals surface area contributed by atoms with Crippen molar-refractivity contribution < 1.29 is 9.53 Å². The van der Waals surface area contributed by atoms with Gasteiger partial charge in [0.15, 0.2) is 0 Å². The quantitative estimate of drug-likeness (QED) is 0.914. The molecule has 1 amide bonds. The Bertz CT molecular complexity index is 607. The van der Waals surface area contributed by atoms with Gasteiger partial charge in [-0.15, -0.1) is 0 Å². The SMILES string of the molecule is COc1ccc(C(=O)Nc2ccc(C(C)(C)C)cc2)cc1. The van der Waals surface area contributed by atoms with Crippen molar-refractivity contribution in [1.29, 1.82) is 0 Å². The van der Waals surface area contributed by atoms with Crippen LogP contribution < -0.4 is 10.1 Å². The molecule has 110 valence electrons. The fraction of sp³-hybridized carbons (Fsp3) is 0.278. The summed E-state index contributed by atoms with van der Waals surface area (Å²) in [6.07, 6.45) is 0. The summed E-state index contributed by atoms with van der Waals surface area (Å²) in [5, 5.41) is 2.89. The van der Waals surface area contributed by atoms with Crippen molar-refractivity contribution in [2.24, 2.45) is 0 Å². The molecule has 2 aromatic rings. The average Bonchev–Trinajstić information content (AvgIpc) is 2.47. The van der Waals surface area contributed by atoms with Crippen LogP contribution in [0.2, 0.25) is 0 Å². The van der Waals surface area contributed by atoms with Gasteiger partial charge in [-0.05, 0) is 47.4 Å². The number of amides is 1. The Labute approximate surface area is 126 Å². The number of carbonyl (C=O) groups is 1. The van der Waals surface area contributed by atoms with Crippen LogP contribution in [0.4, 0.5) is 5.69 Å². The molecule has 2 rings (SSSR count). The Balaban J connectivity index is 2.08. The molecule has 0 fully saturated rings. The lowest BCUT2D eigenvalue weighted by atomic mass is 9.87. The van der Waals surface area contributed by atoms with Crippen LogP contribution in [-0.4, -0.2) is 13.0 Å². The molecule has 0 aliphatic rings. The molecule has 0 aromatic heterocycles. The highest BCUT2D eigenvalue weighted by molar-refractivity contribution is 6.04. The van der Waals surface area contributed by atoms with E-state index in [1.807, 2.05) is 24.3 Å². The van der Waals surface area contributed by atoms with Crippen LogP contribution in [0.15, 0.2) is 48.5 Å². The van der Waals surface area contributed by atoms with Crippen LogP contribution in [-0.2, 0) is 5.41 Å². The molecular weight excluding hydrogens is 262 g/mol. The monoisotopic (exact) mass is 283 g/mol. The van der Waals surface area contributed by atoms with E-state index in [4.69, 9.17) is 4.74 Å². The van der Waals surface area contributed by atoms with Gasteiger partial charge in [0.2, 0.25) is 0 Å². The van der Waals surface area contributed by atoms with Gasteiger partial charge in [-0.25, -0.2) is 0 Å². The topological polar surface area (TPSA) is 38.3 Å². The lowest BCUT2D eigenvalue weighted by Crippen LogP contribution is -2.13. The summed E-state index contributed by atoms with van der Waals surface area (Å²) in [5.41, 5.74) is 2.75. The first-order valence-corrected chi connectivity index (χ1v) is 6.96. The van der Waals surface area contributed by atoms with E-state index >= 15 is 0 Å². The molecule has 1 N–H and O–H groups in total. The fourth-order valence-electron chi connectivity index (χ4n) is 2.00. The molecule has 2 aromatic carbocycles. The summed E-state index contributed by atoms with van der Waals surface area (Å²) in [6.45, 7) is 6.49. The third-order valence-corrected chi connectivity index (χ3v) is 3.36. The maximum Gasteiger partial charge on any atom is 0.255 e. The third-order valence-electron chi connectivity index (χ3n) is 3.36. The molecule has 0 saturated carbocycles. The van der Waals surface area contributed by atoms with Gasteiger partial charge >= 0.3 is 0 Å². The van der Waals surface area contributed by atoms with Crippen LogP contribution in [0.1, 0.15) is 36.7 Å². The average molecular weight is 283 g/mol. The molecular formula is C18H21NO2. The van der Waals surface area contributed by atoms with Gasteiger partial charge in [0.1, 0.15) is 5.75 Å². The number of benzene rings is 2. The molecule has 0 atom stereocenters. The van der Waals surface area contributed by atoms with Gasteiger partial charge in [0.05, 0.1) is 7.11 Å². The zero-order valence-corrected chi connectivity index (χ0v) is 12.9. The number of anilines is 1. The van der Waals surface area contributed by atoms with E-state index in [0.29, 0.717) is 5.56 Å². The van der Waals surface area contributed by atoms with Gasteiger partial charge in [0.25, 0.3) is 5.91 Å². The number of hydrogen-bond acceptors (Lipinski definition) is 2. The Kier molecular flexibility index (Phi) is 4.32. The lowest BCUT2D eigenvalue weighted by molar-refractivity contribution is 0.102. The first kappa shape index (κ1) is 15.1. The summed E-state index contributed by atoms with van der Waals surface area (Å²) in [7, 11) is 1.60. The molecule has 0 unspecified atom stereocenters. The number of hydrogen-bond donors (Lipinski definition) is 1. The summed E-state index contributed by atoms with van der Waals surface area (Å²) in [5.74, 6) is 0.613. The number of ether oxygens (including phenoxy) is 1. The molecule has 0 heterocycles. The van der Waals surface area contributed by atoms with Crippen molar-refractivity contribution in [3.05, 3.63) is 59.7 Å². The van der Waals surface area contributed by atoms with E-state index in [9.17, 15) is 4.79 Å². The number of rotatable bonds is 3. The summed E-state index contributed by atoms with van der Waals surface area (Å²) < 4.78 is 5.08. The van der Waals surface area contributed by atoms with Gasteiger partial charge in [0, 0.05) is 11.3 Å². The molecule has 21 heavy (non-hydrogen) atoms. The van der Waals surface area contributed by atoms with Crippen molar-refractivity contribution in [2.75, 3.05) is 12.4 Å². The maximum absolute atomic E-state index is 12.1. The molecule has 0 bridgehead atoms. The molecule has 3 nitrogen and oxygen atoms in total. The smallest absolute Gasteiger partial charge is 0.255 e. The van der Waals surface area contributed by atoms with Crippen molar-refractivity contribution >= 4 is 11.6 Å². The van der Waals surface area contributed by atoms with Gasteiger partial charge in [-0.2, -0.15) is 0 Å². The van der Waals surface area contributed by atoms with Crippen LogP contribution in [0.5, 0.6) is 5.75 Å². The van der Waals surface area contributed by atoms with Crippen LogP contribution in [0.25, 0.3) is 0 Å². The Morgan fingerprint density at radius 2 is 1.52 bits per heavy atom. The Morgan fingerprint density at radius 3 is 2.00 bits per heavy atom. The van der Waals surface area contributed by atoms with Crippen molar-refractivity contribution in [2.45, 2.75) is 26.2 Å².